The van der Waals surface area contributed by atoms with Gasteiger partial charge in [-0.05, 0) is 111 Å². The van der Waals surface area contributed by atoms with E-state index in [1.165, 1.54) is 48.9 Å². The number of hydrogen-bond acceptors (Lipinski definition) is 2. The van der Waals surface area contributed by atoms with Crippen LogP contribution >= 0.6 is 0 Å². The van der Waals surface area contributed by atoms with Crippen LogP contribution in [0.5, 0.6) is 0 Å². The standard InChI is InChI=1S/C31H39NO/c1-6-7-23-11-15-29-26-14-10-22-18-25(33)19-28(30(22)27(26)16-17-31(23,29)4)21-8-12-24(13-9-21)32(5)20(2)3/h8-9,12-13,18,20,23,26,28-29H,10-11,14-17,19H2,1-5H3/t23-,26-,28+,29+,31-/m1/s1. The van der Waals surface area contributed by atoms with Crippen LogP contribution in [0.3, 0.4) is 0 Å². The Morgan fingerprint density at radius 1 is 1.09 bits per heavy atom. The summed E-state index contributed by atoms with van der Waals surface area (Å²) in [6, 6.07) is 9.51. The number of ketones is 1. The van der Waals surface area contributed by atoms with E-state index in [9.17, 15) is 4.79 Å². The molecule has 0 radical (unpaired) electrons. The zero-order chi connectivity index (χ0) is 23.3. The Labute approximate surface area is 200 Å². The van der Waals surface area contributed by atoms with Crippen molar-refractivity contribution in [3.8, 4) is 11.8 Å². The molecule has 1 aromatic carbocycles. The van der Waals surface area contributed by atoms with Gasteiger partial charge in [-0.1, -0.05) is 30.6 Å². The van der Waals surface area contributed by atoms with E-state index in [0.717, 1.165) is 12.3 Å². The molecule has 0 spiro atoms. The molecule has 0 N–H and O–H groups in total. The maximum absolute atomic E-state index is 12.8. The van der Waals surface area contributed by atoms with E-state index >= 15 is 0 Å². The Balaban J connectivity index is 1.52. The quantitative estimate of drug-likeness (QED) is 0.468. The van der Waals surface area contributed by atoms with Gasteiger partial charge in [-0.3, -0.25) is 4.79 Å². The predicted molar refractivity (Wildman–Crippen MR) is 137 cm³/mol. The Kier molecular flexibility index (Phi) is 5.80. The highest BCUT2D eigenvalue weighted by Crippen LogP contribution is 2.62. The van der Waals surface area contributed by atoms with Gasteiger partial charge in [-0.25, -0.2) is 0 Å². The number of benzene rings is 1. The van der Waals surface area contributed by atoms with Crippen molar-refractivity contribution in [1.82, 2.24) is 0 Å². The molecule has 4 aliphatic rings. The average molecular weight is 442 g/mol. The second kappa shape index (κ2) is 8.50. The fourth-order valence-corrected chi connectivity index (χ4v) is 7.57. The van der Waals surface area contributed by atoms with Crippen molar-refractivity contribution < 1.29 is 4.79 Å². The molecule has 33 heavy (non-hydrogen) atoms. The van der Waals surface area contributed by atoms with E-state index in [4.69, 9.17) is 0 Å². The van der Waals surface area contributed by atoms with E-state index in [1.54, 1.807) is 11.1 Å². The monoisotopic (exact) mass is 441 g/mol. The number of fused-ring (bicyclic) bond motifs is 4. The zero-order valence-electron chi connectivity index (χ0n) is 21.1. The number of hydrogen-bond donors (Lipinski definition) is 0. The van der Waals surface area contributed by atoms with Crippen LogP contribution in [-0.2, 0) is 4.79 Å². The first-order chi connectivity index (χ1) is 15.8. The predicted octanol–water partition coefficient (Wildman–Crippen LogP) is 7.07. The normalized spacial score (nSPS) is 33.0. The van der Waals surface area contributed by atoms with Crippen molar-refractivity contribution in [3.63, 3.8) is 0 Å². The van der Waals surface area contributed by atoms with Crippen molar-refractivity contribution in [1.29, 1.82) is 0 Å². The Bertz CT molecular complexity index is 1060. The third kappa shape index (κ3) is 3.69. The van der Waals surface area contributed by atoms with Gasteiger partial charge in [0.15, 0.2) is 5.78 Å². The van der Waals surface area contributed by atoms with E-state index < -0.39 is 0 Å². The molecule has 0 aromatic heterocycles. The smallest absolute Gasteiger partial charge is 0.156 e. The van der Waals surface area contributed by atoms with E-state index in [2.05, 4.69) is 68.8 Å². The summed E-state index contributed by atoms with van der Waals surface area (Å²) in [6.07, 6.45) is 9.91. The Morgan fingerprint density at radius 3 is 2.55 bits per heavy atom. The van der Waals surface area contributed by atoms with Gasteiger partial charge in [0.25, 0.3) is 0 Å². The van der Waals surface area contributed by atoms with Gasteiger partial charge >= 0.3 is 0 Å². The molecule has 2 fully saturated rings. The first kappa shape index (κ1) is 22.5. The summed E-state index contributed by atoms with van der Waals surface area (Å²) in [5.74, 6) is 9.33. The van der Waals surface area contributed by atoms with Crippen molar-refractivity contribution in [3.05, 3.63) is 52.6 Å². The summed E-state index contributed by atoms with van der Waals surface area (Å²) in [4.78, 5) is 15.1. The van der Waals surface area contributed by atoms with E-state index in [-0.39, 0.29) is 5.92 Å². The second-order valence-corrected chi connectivity index (χ2v) is 11.4. The lowest BCUT2D eigenvalue weighted by molar-refractivity contribution is -0.115. The number of rotatable bonds is 3. The molecule has 2 nitrogen and oxygen atoms in total. The first-order valence-electron chi connectivity index (χ1n) is 13.0. The maximum atomic E-state index is 12.8. The SMILES string of the molecule is CC#C[C@@H]1CC[C@H]2[C@@H]3CCC4=CC(=O)C[C@@H](c5ccc(N(C)C(C)C)cc5)C4=C3CC[C@]12C. The van der Waals surface area contributed by atoms with Crippen LogP contribution < -0.4 is 4.90 Å². The molecule has 0 bridgehead atoms. The molecule has 5 atom stereocenters. The summed E-state index contributed by atoms with van der Waals surface area (Å²) < 4.78 is 0. The highest BCUT2D eigenvalue weighted by Gasteiger charge is 2.53. The van der Waals surface area contributed by atoms with Gasteiger partial charge in [-0.2, -0.15) is 0 Å². The van der Waals surface area contributed by atoms with Gasteiger partial charge in [0.1, 0.15) is 0 Å². The molecule has 5 rings (SSSR count). The lowest BCUT2D eigenvalue weighted by atomic mass is 9.55. The van der Waals surface area contributed by atoms with Gasteiger partial charge in [-0.15, -0.1) is 5.92 Å². The van der Waals surface area contributed by atoms with Crippen LogP contribution in [0.2, 0.25) is 0 Å². The van der Waals surface area contributed by atoms with Crippen LogP contribution in [0, 0.1) is 35.0 Å². The minimum atomic E-state index is 0.227. The topological polar surface area (TPSA) is 20.3 Å². The summed E-state index contributed by atoms with van der Waals surface area (Å²) in [5.41, 5.74) is 7.50. The number of anilines is 1. The maximum Gasteiger partial charge on any atom is 0.156 e. The van der Waals surface area contributed by atoms with Gasteiger partial charge in [0.2, 0.25) is 0 Å². The number of allylic oxidation sites excluding steroid dienone is 4. The van der Waals surface area contributed by atoms with Crippen molar-refractivity contribution >= 4 is 11.5 Å². The third-order valence-corrected chi connectivity index (χ3v) is 9.58. The first-order valence-corrected chi connectivity index (χ1v) is 13.0. The Morgan fingerprint density at radius 2 is 1.85 bits per heavy atom. The lowest BCUT2D eigenvalue weighted by Gasteiger charge is -2.49. The number of nitrogens with zero attached hydrogens (tertiary/aromatic N) is 1. The van der Waals surface area contributed by atoms with Gasteiger partial charge in [0.05, 0.1) is 0 Å². The molecule has 0 aliphatic heterocycles. The van der Waals surface area contributed by atoms with E-state index in [1.807, 2.05) is 13.0 Å². The fraction of sp³-hybridized carbons (Fsp3) is 0.581. The van der Waals surface area contributed by atoms with E-state index in [0.29, 0.717) is 35.5 Å². The summed E-state index contributed by atoms with van der Waals surface area (Å²) in [5, 5.41) is 0. The molecule has 0 unspecified atom stereocenters. The molecular formula is C31H39NO. The Hall–Kier alpha value is -2.27. The summed E-state index contributed by atoms with van der Waals surface area (Å²) in [6.45, 7) is 8.96. The molecule has 0 amide bonds. The van der Waals surface area contributed by atoms with Crippen LogP contribution in [0.1, 0.15) is 84.1 Å². The van der Waals surface area contributed by atoms with Crippen molar-refractivity contribution in [2.45, 2.75) is 84.6 Å². The number of carbonyl (C=O) groups excluding carboxylic acids is 1. The lowest BCUT2D eigenvalue weighted by Crippen LogP contribution is -2.40. The minimum absolute atomic E-state index is 0.227. The molecule has 0 heterocycles. The molecular weight excluding hydrogens is 402 g/mol. The molecule has 4 aliphatic carbocycles. The average Bonchev–Trinajstić information content (AvgIpc) is 3.14. The second-order valence-electron chi connectivity index (χ2n) is 11.4. The highest BCUT2D eigenvalue weighted by atomic mass is 16.1. The van der Waals surface area contributed by atoms with Crippen LogP contribution in [-0.4, -0.2) is 18.9 Å². The van der Waals surface area contributed by atoms with Crippen molar-refractivity contribution in [2.75, 3.05) is 11.9 Å². The molecule has 2 saturated carbocycles. The van der Waals surface area contributed by atoms with Gasteiger partial charge in [0, 0.05) is 37.0 Å². The zero-order valence-corrected chi connectivity index (χ0v) is 21.1. The largest absolute Gasteiger partial charge is 0.372 e. The van der Waals surface area contributed by atoms with Crippen LogP contribution in [0.25, 0.3) is 0 Å². The molecule has 174 valence electrons. The van der Waals surface area contributed by atoms with Crippen LogP contribution in [0.4, 0.5) is 5.69 Å². The third-order valence-electron chi connectivity index (χ3n) is 9.58. The van der Waals surface area contributed by atoms with Gasteiger partial charge < -0.3 is 4.90 Å². The molecule has 1 aromatic rings. The molecule has 2 heteroatoms. The summed E-state index contributed by atoms with van der Waals surface area (Å²) >= 11 is 0. The van der Waals surface area contributed by atoms with Crippen LogP contribution in [0.15, 0.2) is 47.1 Å². The fourth-order valence-electron chi connectivity index (χ4n) is 7.57. The highest BCUT2D eigenvalue weighted by molar-refractivity contribution is 5.94. The number of carbonyl (C=O) groups is 1. The summed E-state index contributed by atoms with van der Waals surface area (Å²) in [7, 11) is 2.15. The van der Waals surface area contributed by atoms with Crippen molar-refractivity contribution in [2.24, 2.45) is 23.2 Å². The minimum Gasteiger partial charge on any atom is -0.372 e. The molecule has 0 saturated heterocycles.